The third-order valence-electron chi connectivity index (χ3n) is 3.56. The largest absolute Gasteiger partial charge is 0.378 e. The molecule has 1 aliphatic heterocycles. The zero-order chi connectivity index (χ0) is 15.0. The third kappa shape index (κ3) is 2.33. The summed E-state index contributed by atoms with van der Waals surface area (Å²) < 4.78 is 6.57. The molecule has 1 fully saturated rings. The molecule has 2 aromatic rings. The maximum atomic E-state index is 12.1. The number of nitro groups is 1. The van der Waals surface area contributed by atoms with E-state index in [4.69, 9.17) is 4.74 Å². The summed E-state index contributed by atoms with van der Waals surface area (Å²) in [7, 11) is 1.57. The Morgan fingerprint density at radius 3 is 2.71 bits per heavy atom. The van der Waals surface area contributed by atoms with E-state index in [-0.39, 0.29) is 16.6 Å². The first-order chi connectivity index (χ1) is 10.1. The number of aromatic nitrogens is 2. The van der Waals surface area contributed by atoms with Gasteiger partial charge in [-0.1, -0.05) is 0 Å². The second kappa shape index (κ2) is 5.13. The summed E-state index contributed by atoms with van der Waals surface area (Å²) in [5, 5.41) is 11.6. The minimum Gasteiger partial charge on any atom is -0.378 e. The SMILES string of the molecule is Cn1cnc2cc(N3CCOCC3)c([N+](=O)[O-])cc2c1=O. The lowest BCUT2D eigenvalue weighted by Gasteiger charge is -2.28. The van der Waals surface area contributed by atoms with E-state index in [2.05, 4.69) is 4.98 Å². The molecular formula is C13H14N4O4. The van der Waals surface area contributed by atoms with Gasteiger partial charge in [0.2, 0.25) is 0 Å². The second-order valence-electron chi connectivity index (χ2n) is 4.88. The van der Waals surface area contributed by atoms with Crippen LogP contribution in [0.5, 0.6) is 0 Å². The number of morpholine rings is 1. The lowest BCUT2D eigenvalue weighted by molar-refractivity contribution is -0.384. The van der Waals surface area contributed by atoms with E-state index in [1.54, 1.807) is 13.1 Å². The molecule has 3 rings (SSSR count). The van der Waals surface area contributed by atoms with Crippen LogP contribution >= 0.6 is 0 Å². The van der Waals surface area contributed by atoms with Gasteiger partial charge in [-0.3, -0.25) is 14.9 Å². The average molecular weight is 290 g/mol. The van der Waals surface area contributed by atoms with Crippen LogP contribution in [0.15, 0.2) is 23.3 Å². The van der Waals surface area contributed by atoms with Crippen molar-refractivity contribution in [2.75, 3.05) is 31.2 Å². The Hall–Kier alpha value is -2.48. The van der Waals surface area contributed by atoms with Crippen LogP contribution in [0.1, 0.15) is 0 Å². The smallest absolute Gasteiger partial charge is 0.293 e. The molecule has 21 heavy (non-hydrogen) atoms. The Bertz CT molecular complexity index is 765. The molecular weight excluding hydrogens is 276 g/mol. The lowest BCUT2D eigenvalue weighted by atomic mass is 10.1. The van der Waals surface area contributed by atoms with E-state index < -0.39 is 4.92 Å². The van der Waals surface area contributed by atoms with Crippen LogP contribution in [-0.2, 0) is 11.8 Å². The number of fused-ring (bicyclic) bond motifs is 1. The number of hydrogen-bond donors (Lipinski definition) is 0. The van der Waals surface area contributed by atoms with Crippen molar-refractivity contribution in [2.45, 2.75) is 0 Å². The van der Waals surface area contributed by atoms with Crippen LogP contribution < -0.4 is 10.5 Å². The number of nitrogens with zero attached hydrogens (tertiary/aromatic N) is 4. The van der Waals surface area contributed by atoms with Gasteiger partial charge in [0.1, 0.15) is 5.69 Å². The highest BCUT2D eigenvalue weighted by Gasteiger charge is 2.23. The number of ether oxygens (including phenoxy) is 1. The summed E-state index contributed by atoms with van der Waals surface area (Å²) >= 11 is 0. The molecule has 0 spiro atoms. The minimum atomic E-state index is -0.462. The normalized spacial score (nSPS) is 15.4. The van der Waals surface area contributed by atoms with Crippen molar-refractivity contribution in [1.29, 1.82) is 0 Å². The molecule has 1 aliphatic rings. The standard InChI is InChI=1S/C13H14N4O4/c1-15-8-14-10-7-11(16-2-4-21-5-3-16)12(17(19)20)6-9(10)13(15)18/h6-8H,2-5H2,1H3. The van der Waals surface area contributed by atoms with E-state index in [9.17, 15) is 14.9 Å². The summed E-state index contributed by atoms with van der Waals surface area (Å²) in [6.45, 7) is 2.22. The summed E-state index contributed by atoms with van der Waals surface area (Å²) in [4.78, 5) is 29.0. The summed E-state index contributed by atoms with van der Waals surface area (Å²) in [6, 6.07) is 2.93. The first kappa shape index (κ1) is 13.5. The van der Waals surface area contributed by atoms with Crippen LogP contribution in [0, 0.1) is 10.1 Å². The van der Waals surface area contributed by atoms with Gasteiger partial charge in [0.25, 0.3) is 11.2 Å². The predicted molar refractivity (Wildman–Crippen MR) is 76.7 cm³/mol. The molecule has 0 atom stereocenters. The fraction of sp³-hybridized carbons (Fsp3) is 0.385. The first-order valence-electron chi connectivity index (χ1n) is 6.54. The van der Waals surface area contributed by atoms with E-state index in [0.717, 1.165) is 0 Å². The molecule has 0 aliphatic carbocycles. The van der Waals surface area contributed by atoms with E-state index in [1.165, 1.54) is 17.0 Å². The van der Waals surface area contributed by atoms with Gasteiger partial charge in [-0.2, -0.15) is 0 Å². The highest BCUT2D eigenvalue weighted by atomic mass is 16.6. The molecule has 8 heteroatoms. The fourth-order valence-corrected chi connectivity index (χ4v) is 2.44. The molecule has 0 radical (unpaired) electrons. The Morgan fingerprint density at radius 2 is 2.05 bits per heavy atom. The Labute approximate surface area is 119 Å². The molecule has 0 bridgehead atoms. The van der Waals surface area contributed by atoms with Gasteiger partial charge in [0.05, 0.1) is 35.4 Å². The summed E-state index contributed by atoms with van der Waals surface area (Å²) in [5.74, 6) is 0. The van der Waals surface area contributed by atoms with Crippen molar-refractivity contribution in [1.82, 2.24) is 9.55 Å². The Kier molecular flexibility index (Phi) is 3.30. The molecule has 8 nitrogen and oxygen atoms in total. The van der Waals surface area contributed by atoms with E-state index in [1.807, 2.05) is 4.90 Å². The summed E-state index contributed by atoms with van der Waals surface area (Å²) in [6.07, 6.45) is 1.42. The van der Waals surface area contributed by atoms with Gasteiger partial charge in [-0.05, 0) is 6.07 Å². The second-order valence-corrected chi connectivity index (χ2v) is 4.88. The van der Waals surface area contributed by atoms with Crippen molar-refractivity contribution in [3.05, 3.63) is 38.9 Å². The molecule has 0 N–H and O–H groups in total. The number of hydrogen-bond acceptors (Lipinski definition) is 6. The quantitative estimate of drug-likeness (QED) is 0.596. The number of aryl methyl sites for hydroxylation is 1. The Balaban J connectivity index is 2.23. The van der Waals surface area contributed by atoms with Crippen molar-refractivity contribution in [3.8, 4) is 0 Å². The maximum Gasteiger partial charge on any atom is 0.293 e. The zero-order valence-corrected chi connectivity index (χ0v) is 11.5. The van der Waals surface area contributed by atoms with Gasteiger partial charge in [-0.15, -0.1) is 0 Å². The number of anilines is 1. The molecule has 1 aromatic heterocycles. The highest BCUT2D eigenvalue weighted by Crippen LogP contribution is 2.31. The van der Waals surface area contributed by atoms with E-state index in [0.29, 0.717) is 37.5 Å². The van der Waals surface area contributed by atoms with Gasteiger partial charge < -0.3 is 14.2 Å². The van der Waals surface area contributed by atoms with Crippen molar-refractivity contribution < 1.29 is 9.66 Å². The number of rotatable bonds is 2. The zero-order valence-electron chi connectivity index (χ0n) is 11.5. The van der Waals surface area contributed by atoms with Crippen molar-refractivity contribution >= 4 is 22.3 Å². The number of nitro benzene ring substituents is 1. The molecule has 1 saturated heterocycles. The fourth-order valence-electron chi connectivity index (χ4n) is 2.44. The predicted octanol–water partition coefficient (Wildman–Crippen LogP) is 0.678. The molecule has 0 unspecified atom stereocenters. The molecule has 2 heterocycles. The summed E-state index contributed by atoms with van der Waals surface area (Å²) in [5.41, 5.74) is 0.577. The minimum absolute atomic E-state index is 0.0745. The monoisotopic (exact) mass is 290 g/mol. The van der Waals surface area contributed by atoms with Gasteiger partial charge in [0.15, 0.2) is 0 Å². The lowest BCUT2D eigenvalue weighted by Crippen LogP contribution is -2.36. The van der Waals surface area contributed by atoms with Gasteiger partial charge >= 0.3 is 0 Å². The molecule has 0 amide bonds. The van der Waals surface area contributed by atoms with Crippen LogP contribution in [0.2, 0.25) is 0 Å². The average Bonchev–Trinajstić information content (AvgIpc) is 2.51. The van der Waals surface area contributed by atoms with Crippen LogP contribution in [0.3, 0.4) is 0 Å². The Morgan fingerprint density at radius 1 is 1.33 bits per heavy atom. The molecule has 110 valence electrons. The topological polar surface area (TPSA) is 90.5 Å². The van der Waals surface area contributed by atoms with Gasteiger partial charge in [0, 0.05) is 26.2 Å². The van der Waals surface area contributed by atoms with Crippen molar-refractivity contribution in [2.24, 2.45) is 7.05 Å². The van der Waals surface area contributed by atoms with Crippen LogP contribution in [0.25, 0.3) is 10.9 Å². The first-order valence-corrected chi connectivity index (χ1v) is 6.54. The molecule has 0 saturated carbocycles. The third-order valence-corrected chi connectivity index (χ3v) is 3.56. The van der Waals surface area contributed by atoms with Crippen LogP contribution in [0.4, 0.5) is 11.4 Å². The number of benzene rings is 1. The van der Waals surface area contributed by atoms with E-state index >= 15 is 0 Å². The maximum absolute atomic E-state index is 12.1. The molecule has 1 aromatic carbocycles. The van der Waals surface area contributed by atoms with Crippen LogP contribution in [-0.4, -0.2) is 40.8 Å². The van der Waals surface area contributed by atoms with Gasteiger partial charge in [-0.25, -0.2) is 4.98 Å². The van der Waals surface area contributed by atoms with Crippen molar-refractivity contribution in [3.63, 3.8) is 0 Å². The highest BCUT2D eigenvalue weighted by molar-refractivity contribution is 5.87.